The van der Waals surface area contributed by atoms with Crippen molar-refractivity contribution in [2.75, 3.05) is 5.32 Å². The van der Waals surface area contributed by atoms with E-state index >= 15 is 0 Å². The molecular weight excluding hydrogens is 448 g/mol. The third kappa shape index (κ3) is 4.02. The van der Waals surface area contributed by atoms with Crippen LogP contribution in [-0.4, -0.2) is 0 Å². The molecule has 2 aromatic carbocycles. The molecule has 0 aliphatic carbocycles. The van der Waals surface area contributed by atoms with Crippen LogP contribution >= 0.6 is 61.7 Å². The van der Waals surface area contributed by atoms with E-state index in [4.69, 9.17) is 23.2 Å². The predicted molar refractivity (Wildman–Crippen MR) is 90.6 cm³/mol. The highest BCUT2D eigenvalue weighted by Gasteiger charge is 2.01. The Labute approximate surface area is 138 Å². The molecule has 18 heavy (non-hydrogen) atoms. The minimum absolute atomic E-state index is 0.656. The molecule has 0 fully saturated rings. The van der Waals surface area contributed by atoms with Gasteiger partial charge in [0.2, 0.25) is 0 Å². The van der Waals surface area contributed by atoms with Crippen molar-refractivity contribution in [3.63, 3.8) is 0 Å². The number of hydrogen-bond donors (Lipinski definition) is 1. The number of nitrogens with one attached hydrogen (secondary N) is 1. The molecule has 0 aliphatic rings. The Bertz CT molecular complexity index is 555. The van der Waals surface area contributed by atoms with Crippen molar-refractivity contribution >= 4 is 67.4 Å². The van der Waals surface area contributed by atoms with Crippen LogP contribution in [0.5, 0.6) is 0 Å². The van der Waals surface area contributed by atoms with Crippen molar-refractivity contribution in [3.05, 3.63) is 60.0 Å². The lowest BCUT2D eigenvalue weighted by atomic mass is 10.2. The molecule has 0 radical (unpaired) electrons. The second kappa shape index (κ2) is 6.46. The molecule has 0 saturated heterocycles. The van der Waals surface area contributed by atoms with Gasteiger partial charge in [0.15, 0.2) is 0 Å². The molecule has 1 nitrogen and oxygen atoms in total. The number of anilines is 1. The maximum absolute atomic E-state index is 5.96. The lowest BCUT2D eigenvalue weighted by molar-refractivity contribution is 1.15. The molecule has 0 spiro atoms. The molecule has 0 heterocycles. The Morgan fingerprint density at radius 2 is 1.72 bits per heavy atom. The largest absolute Gasteiger partial charge is 0.381 e. The van der Waals surface area contributed by atoms with Crippen LogP contribution in [0, 0.1) is 3.57 Å². The van der Waals surface area contributed by atoms with Gasteiger partial charge in [0, 0.05) is 30.3 Å². The first-order valence-electron chi connectivity index (χ1n) is 5.18. The van der Waals surface area contributed by atoms with E-state index in [0.717, 1.165) is 15.7 Å². The number of rotatable bonds is 3. The third-order valence-electron chi connectivity index (χ3n) is 2.34. The average Bonchev–Trinajstić information content (AvgIpc) is 2.29. The molecular formula is C13H9BrCl2IN. The quantitative estimate of drug-likeness (QED) is 0.561. The van der Waals surface area contributed by atoms with Gasteiger partial charge in [-0.05, 0) is 80.5 Å². The summed E-state index contributed by atoms with van der Waals surface area (Å²) in [5.41, 5.74) is 2.11. The van der Waals surface area contributed by atoms with Crippen LogP contribution < -0.4 is 5.32 Å². The zero-order valence-electron chi connectivity index (χ0n) is 9.18. The van der Waals surface area contributed by atoms with Gasteiger partial charge in [0.1, 0.15) is 0 Å². The first kappa shape index (κ1) is 14.4. The fourth-order valence-corrected chi connectivity index (χ4v) is 2.81. The van der Waals surface area contributed by atoms with Crippen LogP contribution in [0.2, 0.25) is 10.0 Å². The van der Waals surface area contributed by atoms with E-state index in [0.29, 0.717) is 16.6 Å². The van der Waals surface area contributed by atoms with Crippen molar-refractivity contribution in [1.82, 2.24) is 0 Å². The fourth-order valence-electron chi connectivity index (χ4n) is 1.52. The summed E-state index contributed by atoms with van der Waals surface area (Å²) in [7, 11) is 0. The maximum Gasteiger partial charge on any atom is 0.0424 e. The number of hydrogen-bond acceptors (Lipinski definition) is 1. The lowest BCUT2D eigenvalue weighted by Crippen LogP contribution is -1.99. The SMILES string of the molecule is Clc1cc(Cl)cc(CNc2ccc(I)c(Br)c2)c1. The minimum atomic E-state index is 0.656. The van der Waals surface area contributed by atoms with E-state index in [1.165, 1.54) is 3.57 Å². The van der Waals surface area contributed by atoms with Gasteiger partial charge < -0.3 is 5.32 Å². The topological polar surface area (TPSA) is 12.0 Å². The monoisotopic (exact) mass is 455 g/mol. The summed E-state index contributed by atoms with van der Waals surface area (Å²) in [6.07, 6.45) is 0. The van der Waals surface area contributed by atoms with Crippen LogP contribution in [0.3, 0.4) is 0 Å². The maximum atomic E-state index is 5.96. The molecule has 94 valence electrons. The zero-order valence-corrected chi connectivity index (χ0v) is 14.4. The van der Waals surface area contributed by atoms with E-state index in [9.17, 15) is 0 Å². The van der Waals surface area contributed by atoms with E-state index in [1.54, 1.807) is 6.07 Å². The van der Waals surface area contributed by atoms with E-state index in [-0.39, 0.29) is 0 Å². The van der Waals surface area contributed by atoms with Gasteiger partial charge in [-0.2, -0.15) is 0 Å². The van der Waals surface area contributed by atoms with Crippen molar-refractivity contribution in [1.29, 1.82) is 0 Å². The molecule has 0 amide bonds. The van der Waals surface area contributed by atoms with Gasteiger partial charge in [0.25, 0.3) is 0 Å². The van der Waals surface area contributed by atoms with Gasteiger partial charge in [-0.1, -0.05) is 23.2 Å². The average molecular weight is 457 g/mol. The van der Waals surface area contributed by atoms with Crippen molar-refractivity contribution in [2.45, 2.75) is 6.54 Å². The van der Waals surface area contributed by atoms with Crippen LogP contribution in [-0.2, 0) is 6.54 Å². The van der Waals surface area contributed by atoms with E-state index < -0.39 is 0 Å². The summed E-state index contributed by atoms with van der Waals surface area (Å²) in [5.74, 6) is 0. The van der Waals surface area contributed by atoms with Crippen LogP contribution in [0.4, 0.5) is 5.69 Å². The predicted octanol–water partition coefficient (Wildman–Crippen LogP) is 5.97. The Balaban J connectivity index is 2.08. The van der Waals surface area contributed by atoms with Gasteiger partial charge >= 0.3 is 0 Å². The zero-order chi connectivity index (χ0) is 13.1. The molecule has 0 unspecified atom stereocenters. The van der Waals surface area contributed by atoms with Gasteiger partial charge in [-0.15, -0.1) is 0 Å². The van der Waals surface area contributed by atoms with Crippen LogP contribution in [0.15, 0.2) is 40.9 Å². The highest BCUT2D eigenvalue weighted by Crippen LogP contribution is 2.24. The van der Waals surface area contributed by atoms with E-state index in [2.05, 4.69) is 49.9 Å². The fraction of sp³-hybridized carbons (Fsp3) is 0.0769. The second-order valence-electron chi connectivity index (χ2n) is 3.76. The molecule has 5 heteroatoms. The van der Waals surface area contributed by atoms with Crippen molar-refractivity contribution in [2.24, 2.45) is 0 Å². The summed E-state index contributed by atoms with van der Waals surface area (Å²) in [6.45, 7) is 0.688. The summed E-state index contributed by atoms with van der Waals surface area (Å²) in [6, 6.07) is 11.7. The molecule has 2 rings (SSSR count). The number of benzene rings is 2. The molecule has 2 aromatic rings. The standard InChI is InChI=1S/C13H9BrCl2IN/c14-12-6-11(1-2-13(12)17)18-7-8-3-9(15)5-10(16)4-8/h1-6,18H,7H2. The highest BCUT2D eigenvalue weighted by atomic mass is 127. The highest BCUT2D eigenvalue weighted by molar-refractivity contribution is 14.1. The Morgan fingerprint density at radius 3 is 2.33 bits per heavy atom. The smallest absolute Gasteiger partial charge is 0.0424 e. The van der Waals surface area contributed by atoms with Crippen molar-refractivity contribution < 1.29 is 0 Å². The summed E-state index contributed by atoms with van der Waals surface area (Å²) < 4.78 is 2.26. The Hall–Kier alpha value is 0.0300. The minimum Gasteiger partial charge on any atom is -0.381 e. The van der Waals surface area contributed by atoms with Gasteiger partial charge in [-0.3, -0.25) is 0 Å². The van der Waals surface area contributed by atoms with Crippen LogP contribution in [0.1, 0.15) is 5.56 Å². The van der Waals surface area contributed by atoms with Gasteiger partial charge in [-0.25, -0.2) is 0 Å². The molecule has 0 aliphatic heterocycles. The summed E-state index contributed by atoms with van der Waals surface area (Å²) in [5, 5.41) is 4.64. The second-order valence-corrected chi connectivity index (χ2v) is 6.65. The number of halogens is 4. The molecule has 0 atom stereocenters. The normalized spacial score (nSPS) is 10.4. The molecule has 1 N–H and O–H groups in total. The Morgan fingerprint density at radius 1 is 1.06 bits per heavy atom. The van der Waals surface area contributed by atoms with Crippen LogP contribution in [0.25, 0.3) is 0 Å². The first-order chi connectivity index (χ1) is 8.54. The van der Waals surface area contributed by atoms with E-state index in [1.807, 2.05) is 24.3 Å². The molecule has 0 aromatic heterocycles. The Kier molecular flexibility index (Phi) is 5.18. The third-order valence-corrected chi connectivity index (χ3v) is 5.11. The summed E-state index contributed by atoms with van der Waals surface area (Å²) >= 11 is 17.7. The first-order valence-corrected chi connectivity index (χ1v) is 7.81. The summed E-state index contributed by atoms with van der Waals surface area (Å²) in [4.78, 5) is 0. The van der Waals surface area contributed by atoms with Gasteiger partial charge in [0.05, 0.1) is 0 Å². The molecule has 0 bridgehead atoms. The lowest BCUT2D eigenvalue weighted by Gasteiger charge is -2.08. The van der Waals surface area contributed by atoms with Crippen molar-refractivity contribution in [3.8, 4) is 0 Å². The molecule has 0 saturated carbocycles.